The summed E-state index contributed by atoms with van der Waals surface area (Å²) in [6, 6.07) is 10.3. The minimum absolute atomic E-state index is 0. The molecule has 1 aromatic heterocycles. The SMILES string of the molecule is Cl.O=C1COc2cc(C(=O)NC[C@H]3[C@@H]4CNC[C@@H](C4)c4cccc(=O)n43)ccc2N1. The van der Waals surface area contributed by atoms with Crippen molar-refractivity contribution in [1.82, 2.24) is 15.2 Å². The average Bonchev–Trinajstić information content (AvgIpc) is 2.74. The van der Waals surface area contributed by atoms with Crippen LogP contribution in [0.2, 0.25) is 0 Å². The summed E-state index contributed by atoms with van der Waals surface area (Å²) in [6.45, 7) is 2.04. The van der Waals surface area contributed by atoms with E-state index in [-0.39, 0.29) is 42.4 Å². The zero-order chi connectivity index (χ0) is 20.0. The number of halogens is 1. The second-order valence-electron chi connectivity index (χ2n) is 7.84. The van der Waals surface area contributed by atoms with E-state index in [9.17, 15) is 14.4 Å². The number of anilines is 1. The van der Waals surface area contributed by atoms with Crippen molar-refractivity contribution < 1.29 is 14.3 Å². The van der Waals surface area contributed by atoms with Crippen molar-refractivity contribution in [1.29, 1.82) is 0 Å². The number of nitrogens with one attached hydrogen (secondary N) is 3. The summed E-state index contributed by atoms with van der Waals surface area (Å²) >= 11 is 0. The number of amides is 2. The first-order valence-electron chi connectivity index (χ1n) is 9.87. The molecular weight excluding hydrogens is 408 g/mol. The fourth-order valence-corrected chi connectivity index (χ4v) is 4.68. The molecule has 0 radical (unpaired) electrons. The molecule has 2 aromatic rings. The van der Waals surface area contributed by atoms with Crippen molar-refractivity contribution in [2.45, 2.75) is 18.4 Å². The molecule has 8 nitrogen and oxygen atoms in total. The molecule has 3 N–H and O–H groups in total. The molecule has 1 saturated heterocycles. The minimum atomic E-state index is -0.232. The van der Waals surface area contributed by atoms with Gasteiger partial charge < -0.3 is 25.3 Å². The Hall–Kier alpha value is -2.84. The lowest BCUT2D eigenvalue weighted by atomic mass is 9.79. The highest BCUT2D eigenvalue weighted by Gasteiger charge is 2.37. The number of fused-ring (bicyclic) bond motifs is 5. The molecule has 0 saturated carbocycles. The molecule has 4 heterocycles. The topological polar surface area (TPSA) is 101 Å². The molecule has 2 amide bonds. The Kier molecular flexibility index (Phi) is 5.53. The van der Waals surface area contributed by atoms with E-state index in [1.54, 1.807) is 24.3 Å². The van der Waals surface area contributed by atoms with Crippen molar-refractivity contribution in [2.75, 3.05) is 31.6 Å². The Morgan fingerprint density at radius 1 is 1.20 bits per heavy atom. The molecule has 0 unspecified atom stereocenters. The van der Waals surface area contributed by atoms with Gasteiger partial charge in [-0.1, -0.05) is 6.07 Å². The first-order chi connectivity index (χ1) is 14.1. The fourth-order valence-electron chi connectivity index (χ4n) is 4.68. The number of hydrogen-bond donors (Lipinski definition) is 3. The van der Waals surface area contributed by atoms with Gasteiger partial charge in [0.1, 0.15) is 5.75 Å². The normalized spacial score (nSPS) is 23.7. The second kappa shape index (κ2) is 8.12. The van der Waals surface area contributed by atoms with Gasteiger partial charge in [-0.2, -0.15) is 0 Å². The average molecular weight is 431 g/mol. The molecule has 1 aromatic carbocycles. The number of rotatable bonds is 3. The minimum Gasteiger partial charge on any atom is -0.482 e. The highest BCUT2D eigenvalue weighted by Crippen LogP contribution is 2.38. The lowest BCUT2D eigenvalue weighted by Crippen LogP contribution is -2.50. The summed E-state index contributed by atoms with van der Waals surface area (Å²) in [5, 5.41) is 9.15. The van der Waals surface area contributed by atoms with E-state index in [4.69, 9.17) is 4.74 Å². The zero-order valence-electron chi connectivity index (χ0n) is 16.2. The van der Waals surface area contributed by atoms with Gasteiger partial charge >= 0.3 is 0 Å². The van der Waals surface area contributed by atoms with Gasteiger partial charge in [-0.05, 0) is 36.6 Å². The van der Waals surface area contributed by atoms with E-state index in [1.165, 1.54) is 0 Å². The predicted molar refractivity (Wildman–Crippen MR) is 114 cm³/mol. The van der Waals surface area contributed by atoms with E-state index in [0.29, 0.717) is 35.4 Å². The summed E-state index contributed by atoms with van der Waals surface area (Å²) in [4.78, 5) is 36.7. The van der Waals surface area contributed by atoms with Crippen LogP contribution in [0.1, 0.15) is 34.4 Å². The van der Waals surface area contributed by atoms with Crippen LogP contribution in [0.3, 0.4) is 0 Å². The van der Waals surface area contributed by atoms with Crippen molar-refractivity contribution in [3.8, 4) is 5.75 Å². The first-order valence-corrected chi connectivity index (χ1v) is 9.87. The standard InChI is InChI=1S/C21H22N4O4.ClH/c26-19-11-29-18-7-12(4-5-15(18)24-19)21(28)23-10-17-14-6-13(8-22-9-14)16-2-1-3-20(27)25(16)17;/h1-5,7,13-14,17,22H,6,8-11H2,(H,23,28)(H,24,26);1H/t13-,14+,17+;/m1./s1. The van der Waals surface area contributed by atoms with Crippen LogP contribution in [0.5, 0.6) is 5.75 Å². The number of pyridine rings is 1. The zero-order valence-corrected chi connectivity index (χ0v) is 17.0. The lowest BCUT2D eigenvalue weighted by molar-refractivity contribution is -0.118. The largest absolute Gasteiger partial charge is 0.482 e. The highest BCUT2D eigenvalue weighted by atomic mass is 35.5. The van der Waals surface area contributed by atoms with Crippen molar-refractivity contribution >= 4 is 29.9 Å². The van der Waals surface area contributed by atoms with Gasteiger partial charge in [0.15, 0.2) is 6.61 Å². The van der Waals surface area contributed by atoms with Crippen molar-refractivity contribution in [3.05, 3.63) is 58.0 Å². The third kappa shape index (κ3) is 3.57. The van der Waals surface area contributed by atoms with E-state index in [2.05, 4.69) is 16.0 Å². The van der Waals surface area contributed by atoms with Crippen molar-refractivity contribution in [3.63, 3.8) is 0 Å². The van der Waals surface area contributed by atoms with Crippen LogP contribution >= 0.6 is 12.4 Å². The Morgan fingerprint density at radius 3 is 2.93 bits per heavy atom. The maximum atomic E-state index is 12.8. The van der Waals surface area contributed by atoms with Gasteiger partial charge in [0, 0.05) is 42.9 Å². The molecule has 3 aliphatic rings. The number of hydrogen-bond acceptors (Lipinski definition) is 5. The summed E-state index contributed by atoms with van der Waals surface area (Å²) in [7, 11) is 0. The summed E-state index contributed by atoms with van der Waals surface area (Å²) < 4.78 is 7.26. The lowest BCUT2D eigenvalue weighted by Gasteiger charge is -2.43. The number of benzene rings is 1. The Balaban J connectivity index is 0.00000218. The molecule has 0 spiro atoms. The maximum Gasteiger partial charge on any atom is 0.262 e. The Bertz CT molecular complexity index is 1050. The molecule has 3 aliphatic heterocycles. The molecule has 158 valence electrons. The molecule has 30 heavy (non-hydrogen) atoms. The van der Waals surface area contributed by atoms with Gasteiger partial charge in [-0.15, -0.1) is 12.4 Å². The Labute approximate surface area is 179 Å². The van der Waals surface area contributed by atoms with Crippen LogP contribution in [0, 0.1) is 5.92 Å². The third-order valence-electron chi connectivity index (χ3n) is 6.05. The van der Waals surface area contributed by atoms with E-state index in [1.807, 2.05) is 16.7 Å². The van der Waals surface area contributed by atoms with Gasteiger partial charge in [-0.3, -0.25) is 14.4 Å². The van der Waals surface area contributed by atoms with E-state index >= 15 is 0 Å². The summed E-state index contributed by atoms with van der Waals surface area (Å²) in [5.74, 6) is 0.669. The van der Waals surface area contributed by atoms with Crippen LogP contribution in [0.25, 0.3) is 0 Å². The van der Waals surface area contributed by atoms with Gasteiger partial charge in [0.25, 0.3) is 17.4 Å². The van der Waals surface area contributed by atoms with E-state index in [0.717, 1.165) is 25.2 Å². The van der Waals surface area contributed by atoms with Gasteiger partial charge in [0.2, 0.25) is 0 Å². The number of ether oxygens (including phenoxy) is 1. The summed E-state index contributed by atoms with van der Waals surface area (Å²) in [5.41, 5.74) is 2.04. The molecule has 5 rings (SSSR count). The third-order valence-corrected chi connectivity index (χ3v) is 6.05. The predicted octanol–water partition coefficient (Wildman–Crippen LogP) is 1.28. The number of aromatic nitrogens is 1. The van der Waals surface area contributed by atoms with Crippen molar-refractivity contribution in [2.24, 2.45) is 5.92 Å². The first kappa shape index (κ1) is 20.4. The number of nitrogens with zero attached hydrogens (tertiary/aromatic N) is 1. The van der Waals surface area contributed by atoms with Crippen LogP contribution in [0.15, 0.2) is 41.2 Å². The Morgan fingerprint density at radius 2 is 2.07 bits per heavy atom. The second-order valence-corrected chi connectivity index (χ2v) is 7.84. The molecule has 3 atom stereocenters. The quantitative estimate of drug-likeness (QED) is 0.681. The molecule has 2 bridgehead atoms. The number of carbonyl (C=O) groups excluding carboxylic acids is 2. The van der Waals surface area contributed by atoms with Gasteiger partial charge in [0.05, 0.1) is 11.7 Å². The smallest absolute Gasteiger partial charge is 0.262 e. The van der Waals surface area contributed by atoms with Crippen LogP contribution < -0.4 is 26.2 Å². The van der Waals surface area contributed by atoms with Crippen LogP contribution in [0.4, 0.5) is 5.69 Å². The molecule has 1 fully saturated rings. The molecule has 0 aliphatic carbocycles. The highest BCUT2D eigenvalue weighted by molar-refractivity contribution is 5.99. The number of carbonyl (C=O) groups is 2. The van der Waals surface area contributed by atoms with E-state index < -0.39 is 0 Å². The van der Waals surface area contributed by atoms with Crippen LogP contribution in [-0.2, 0) is 4.79 Å². The fraction of sp³-hybridized carbons (Fsp3) is 0.381. The maximum absolute atomic E-state index is 12.8. The summed E-state index contributed by atoms with van der Waals surface area (Å²) in [6.07, 6.45) is 1.02. The van der Waals surface area contributed by atoms with Gasteiger partial charge in [-0.25, -0.2) is 0 Å². The number of piperidine rings is 1. The molecular formula is C21H23ClN4O4. The monoisotopic (exact) mass is 430 g/mol. The van der Waals surface area contributed by atoms with Crippen LogP contribution in [-0.4, -0.2) is 42.6 Å². The molecule has 9 heteroatoms.